The summed E-state index contributed by atoms with van der Waals surface area (Å²) in [4.78, 5) is 27.2. The Morgan fingerprint density at radius 3 is 2.23 bits per heavy atom. The molecule has 1 aromatic heterocycles. The first kappa shape index (κ1) is 24.1. The second kappa shape index (κ2) is 10.7. The van der Waals surface area contributed by atoms with Crippen molar-refractivity contribution in [1.82, 2.24) is 10.2 Å². The first-order valence-electron chi connectivity index (χ1n) is 10.1. The Labute approximate surface area is 182 Å². The number of amides is 2. The number of nitrogens with one attached hydrogen (secondary N) is 2. The first-order valence-corrected chi connectivity index (χ1v) is 10.1. The molecule has 0 aliphatic carbocycles. The molecular formula is C22H31N3O6. The summed E-state index contributed by atoms with van der Waals surface area (Å²) < 4.78 is 15.5. The van der Waals surface area contributed by atoms with E-state index in [1.807, 2.05) is 0 Å². The van der Waals surface area contributed by atoms with Crippen molar-refractivity contribution in [2.45, 2.75) is 39.8 Å². The Morgan fingerprint density at radius 1 is 1.03 bits per heavy atom. The number of benzene rings is 1. The number of phenols is 1. The molecule has 9 heteroatoms. The number of anilines is 1. The summed E-state index contributed by atoms with van der Waals surface area (Å²) in [6.07, 6.45) is 1.27. The van der Waals surface area contributed by atoms with Crippen molar-refractivity contribution >= 4 is 17.7 Å². The van der Waals surface area contributed by atoms with Gasteiger partial charge in [0, 0.05) is 43.4 Å². The van der Waals surface area contributed by atoms with Crippen LogP contribution in [0.5, 0.6) is 17.2 Å². The minimum absolute atomic E-state index is 0.0255. The van der Waals surface area contributed by atoms with Gasteiger partial charge in [0.25, 0.3) is 11.8 Å². The summed E-state index contributed by atoms with van der Waals surface area (Å²) >= 11 is 0. The van der Waals surface area contributed by atoms with Crippen molar-refractivity contribution in [2.24, 2.45) is 0 Å². The standard InChI is InChI=1S/C22H31N3O6/c1-13(2)25(14(3)4)8-7-23-21(27)15-9-20(31-12-15)24-22(28)16-10-18(29-5)19(30-6)11-17(16)26/h9-14,26H,7-8H2,1-6H3,(H,23,27)(H,24,28). The van der Waals surface area contributed by atoms with E-state index in [4.69, 9.17) is 13.9 Å². The highest BCUT2D eigenvalue weighted by Crippen LogP contribution is 2.34. The highest BCUT2D eigenvalue weighted by atomic mass is 16.5. The maximum Gasteiger partial charge on any atom is 0.261 e. The zero-order valence-corrected chi connectivity index (χ0v) is 18.8. The maximum atomic E-state index is 12.5. The number of ether oxygens (including phenoxy) is 2. The fraction of sp³-hybridized carbons (Fsp3) is 0.455. The van der Waals surface area contributed by atoms with Gasteiger partial charge < -0.3 is 24.3 Å². The van der Waals surface area contributed by atoms with Crippen LogP contribution in [0, 0.1) is 0 Å². The molecule has 3 N–H and O–H groups in total. The van der Waals surface area contributed by atoms with Crippen molar-refractivity contribution in [1.29, 1.82) is 0 Å². The van der Waals surface area contributed by atoms with Crippen LogP contribution in [-0.4, -0.2) is 61.2 Å². The van der Waals surface area contributed by atoms with Crippen molar-refractivity contribution in [3.8, 4) is 17.2 Å². The lowest BCUT2D eigenvalue weighted by Crippen LogP contribution is -2.42. The van der Waals surface area contributed by atoms with E-state index in [1.54, 1.807) is 0 Å². The normalized spacial score (nSPS) is 11.1. The average Bonchev–Trinajstić information content (AvgIpc) is 3.18. The Morgan fingerprint density at radius 2 is 1.65 bits per heavy atom. The van der Waals surface area contributed by atoms with Crippen LogP contribution in [0.2, 0.25) is 0 Å². The quantitative estimate of drug-likeness (QED) is 0.528. The van der Waals surface area contributed by atoms with Crippen molar-refractivity contribution in [3.63, 3.8) is 0 Å². The van der Waals surface area contributed by atoms with Crippen LogP contribution < -0.4 is 20.1 Å². The molecule has 170 valence electrons. The Hall–Kier alpha value is -3.20. The second-order valence-corrected chi connectivity index (χ2v) is 7.56. The predicted molar refractivity (Wildman–Crippen MR) is 117 cm³/mol. The van der Waals surface area contributed by atoms with Gasteiger partial charge in [-0.3, -0.25) is 19.8 Å². The minimum Gasteiger partial charge on any atom is -0.507 e. The van der Waals surface area contributed by atoms with E-state index in [0.29, 0.717) is 30.1 Å². The number of methoxy groups -OCH3 is 2. The largest absolute Gasteiger partial charge is 0.507 e. The molecule has 2 aromatic rings. The van der Waals surface area contributed by atoms with Crippen LogP contribution in [0.3, 0.4) is 0 Å². The molecule has 2 amide bonds. The van der Waals surface area contributed by atoms with E-state index in [-0.39, 0.29) is 28.7 Å². The molecule has 1 aromatic carbocycles. The molecule has 0 spiro atoms. The lowest BCUT2D eigenvalue weighted by Gasteiger charge is -2.30. The molecule has 0 unspecified atom stereocenters. The summed E-state index contributed by atoms with van der Waals surface area (Å²) in [5.41, 5.74) is 0.259. The molecule has 0 aliphatic heterocycles. The number of nitrogens with zero attached hydrogens (tertiary/aromatic N) is 1. The van der Waals surface area contributed by atoms with Gasteiger partial charge in [-0.2, -0.15) is 0 Å². The predicted octanol–water partition coefficient (Wildman–Crippen LogP) is 3.10. The average molecular weight is 434 g/mol. The Bertz CT molecular complexity index is 899. The van der Waals surface area contributed by atoms with Crippen molar-refractivity contribution < 1.29 is 28.6 Å². The van der Waals surface area contributed by atoms with Gasteiger partial charge in [-0.05, 0) is 27.7 Å². The van der Waals surface area contributed by atoms with Gasteiger partial charge in [0.05, 0.1) is 25.3 Å². The van der Waals surface area contributed by atoms with Gasteiger partial charge in [0.1, 0.15) is 12.0 Å². The summed E-state index contributed by atoms with van der Waals surface area (Å²) in [6, 6.07) is 4.82. The maximum absolute atomic E-state index is 12.5. The molecule has 1 heterocycles. The van der Waals surface area contributed by atoms with Gasteiger partial charge in [0.2, 0.25) is 0 Å². The Balaban J connectivity index is 2.00. The van der Waals surface area contributed by atoms with Gasteiger partial charge in [-0.1, -0.05) is 0 Å². The molecule has 31 heavy (non-hydrogen) atoms. The van der Waals surface area contributed by atoms with Crippen LogP contribution in [-0.2, 0) is 0 Å². The molecule has 0 fully saturated rings. The minimum atomic E-state index is -0.621. The Kier molecular flexibility index (Phi) is 8.32. The monoisotopic (exact) mass is 433 g/mol. The number of carbonyl (C=O) groups excluding carboxylic acids is 2. The van der Waals surface area contributed by atoms with Gasteiger partial charge in [-0.15, -0.1) is 0 Å². The number of aromatic hydroxyl groups is 1. The molecule has 0 saturated carbocycles. The first-order chi connectivity index (χ1) is 14.7. The zero-order valence-electron chi connectivity index (χ0n) is 18.8. The molecule has 0 saturated heterocycles. The third-order valence-electron chi connectivity index (χ3n) is 4.83. The van der Waals surface area contributed by atoms with Crippen LogP contribution in [0.4, 0.5) is 5.88 Å². The van der Waals surface area contributed by atoms with Gasteiger partial charge in [0.15, 0.2) is 17.4 Å². The lowest BCUT2D eigenvalue weighted by molar-refractivity contribution is 0.0938. The third kappa shape index (κ3) is 6.14. The lowest BCUT2D eigenvalue weighted by atomic mass is 10.1. The fourth-order valence-electron chi connectivity index (χ4n) is 3.26. The number of hydrogen-bond acceptors (Lipinski definition) is 7. The van der Waals surface area contributed by atoms with E-state index in [2.05, 4.69) is 43.2 Å². The van der Waals surface area contributed by atoms with E-state index in [1.165, 1.54) is 38.7 Å². The molecule has 9 nitrogen and oxygen atoms in total. The third-order valence-corrected chi connectivity index (χ3v) is 4.83. The second-order valence-electron chi connectivity index (χ2n) is 7.56. The fourth-order valence-corrected chi connectivity index (χ4v) is 3.26. The topological polar surface area (TPSA) is 113 Å². The molecule has 0 radical (unpaired) electrons. The highest BCUT2D eigenvalue weighted by Gasteiger charge is 2.19. The summed E-state index contributed by atoms with van der Waals surface area (Å²) in [6.45, 7) is 9.67. The summed E-state index contributed by atoms with van der Waals surface area (Å²) in [7, 11) is 2.85. The number of rotatable bonds is 10. The summed E-state index contributed by atoms with van der Waals surface area (Å²) in [5, 5.41) is 15.5. The number of phenolic OH excluding ortho intramolecular Hbond substituents is 1. The van der Waals surface area contributed by atoms with E-state index >= 15 is 0 Å². The van der Waals surface area contributed by atoms with Crippen LogP contribution in [0.25, 0.3) is 0 Å². The van der Waals surface area contributed by atoms with E-state index in [9.17, 15) is 14.7 Å². The number of carbonyl (C=O) groups is 2. The molecule has 0 atom stereocenters. The molecule has 2 rings (SSSR count). The molecule has 0 aliphatic rings. The van der Waals surface area contributed by atoms with E-state index in [0.717, 1.165) is 6.54 Å². The highest BCUT2D eigenvalue weighted by molar-refractivity contribution is 6.06. The van der Waals surface area contributed by atoms with Gasteiger partial charge in [-0.25, -0.2) is 0 Å². The van der Waals surface area contributed by atoms with Gasteiger partial charge >= 0.3 is 0 Å². The number of hydrogen-bond donors (Lipinski definition) is 3. The van der Waals surface area contributed by atoms with Crippen molar-refractivity contribution in [3.05, 3.63) is 35.6 Å². The molecule has 0 bridgehead atoms. The van der Waals surface area contributed by atoms with E-state index < -0.39 is 5.91 Å². The number of furan rings is 1. The van der Waals surface area contributed by atoms with Crippen LogP contribution >= 0.6 is 0 Å². The van der Waals surface area contributed by atoms with Crippen LogP contribution in [0.1, 0.15) is 48.4 Å². The molecular weight excluding hydrogens is 402 g/mol. The SMILES string of the molecule is COc1cc(O)c(C(=O)Nc2cc(C(=O)NCCN(C(C)C)C(C)C)co2)cc1OC. The smallest absolute Gasteiger partial charge is 0.261 e. The zero-order chi connectivity index (χ0) is 23.1. The van der Waals surface area contributed by atoms with Crippen molar-refractivity contribution in [2.75, 3.05) is 32.6 Å². The summed E-state index contributed by atoms with van der Waals surface area (Å²) in [5.74, 6) is -0.534. The van der Waals surface area contributed by atoms with Crippen LogP contribution in [0.15, 0.2) is 28.9 Å².